The summed E-state index contributed by atoms with van der Waals surface area (Å²) in [6.45, 7) is 0.263. The Morgan fingerprint density at radius 1 is 1.06 bits per heavy atom. The predicted molar refractivity (Wildman–Crippen MR) is 115 cm³/mol. The van der Waals surface area contributed by atoms with Gasteiger partial charge in [0.15, 0.2) is 0 Å². The van der Waals surface area contributed by atoms with Crippen molar-refractivity contribution in [2.75, 3.05) is 0 Å². The number of carbonyl (C=O) groups is 3. The Morgan fingerprint density at radius 2 is 1.79 bits per heavy atom. The molecule has 0 bridgehead atoms. The Balaban J connectivity index is 1.47. The van der Waals surface area contributed by atoms with Crippen molar-refractivity contribution in [1.82, 2.24) is 19.8 Å². The van der Waals surface area contributed by atoms with Crippen LogP contribution in [0.1, 0.15) is 40.8 Å². The van der Waals surface area contributed by atoms with Crippen LogP contribution in [0.4, 0.5) is 8.78 Å². The zero-order chi connectivity index (χ0) is 23.3. The number of amides is 3. The second-order valence-electron chi connectivity index (χ2n) is 8.25. The van der Waals surface area contributed by atoms with Crippen LogP contribution in [0.2, 0.25) is 0 Å². The minimum Gasteiger partial charge on any atom is -0.333 e. The monoisotopic (exact) mass is 450 g/mol. The normalized spacial score (nSPS) is 18.1. The molecule has 5 rings (SSSR count). The quantitative estimate of drug-likeness (QED) is 0.617. The Bertz CT molecular complexity index is 1280. The number of imide groups is 1. The molecule has 1 aromatic heterocycles. The van der Waals surface area contributed by atoms with E-state index >= 15 is 0 Å². The van der Waals surface area contributed by atoms with Gasteiger partial charge in [0.2, 0.25) is 11.8 Å². The van der Waals surface area contributed by atoms with Crippen LogP contribution in [0, 0.1) is 0 Å². The Hall–Kier alpha value is -3.88. The number of rotatable bonds is 4. The molecule has 0 saturated carbocycles. The van der Waals surface area contributed by atoms with E-state index in [4.69, 9.17) is 0 Å². The standard InChI is InChI=1S/C24H20F2N4O3/c1-29-12-27-20(21(29)13-2-4-14(5-3-13)22(25)26)15-6-7-17-16(10-15)11-30(24(17)33)18-8-9-19(31)28-23(18)32/h2-7,10,12,18,22H,8-9,11H2,1H3,(H,28,31,32). The molecule has 2 aliphatic heterocycles. The summed E-state index contributed by atoms with van der Waals surface area (Å²) < 4.78 is 27.7. The lowest BCUT2D eigenvalue weighted by molar-refractivity contribution is -0.136. The Labute approximate surface area is 188 Å². The summed E-state index contributed by atoms with van der Waals surface area (Å²) in [5, 5.41) is 2.30. The molecule has 3 amide bonds. The van der Waals surface area contributed by atoms with Gasteiger partial charge in [0.05, 0.1) is 17.7 Å². The van der Waals surface area contributed by atoms with Crippen LogP contribution < -0.4 is 5.32 Å². The van der Waals surface area contributed by atoms with Crippen molar-refractivity contribution in [2.24, 2.45) is 7.05 Å². The predicted octanol–water partition coefficient (Wildman–Crippen LogP) is 3.45. The molecule has 1 atom stereocenters. The van der Waals surface area contributed by atoms with Gasteiger partial charge >= 0.3 is 0 Å². The molecule has 1 fully saturated rings. The number of benzene rings is 2. The van der Waals surface area contributed by atoms with Gasteiger partial charge in [0.25, 0.3) is 12.3 Å². The van der Waals surface area contributed by atoms with E-state index in [1.165, 1.54) is 17.0 Å². The van der Waals surface area contributed by atoms with Crippen LogP contribution in [0.5, 0.6) is 0 Å². The van der Waals surface area contributed by atoms with E-state index in [0.29, 0.717) is 17.7 Å². The number of imidazole rings is 1. The highest BCUT2D eigenvalue weighted by Gasteiger charge is 2.39. The molecule has 0 radical (unpaired) electrons. The highest BCUT2D eigenvalue weighted by Crippen LogP contribution is 2.35. The summed E-state index contributed by atoms with van der Waals surface area (Å²) in [6, 6.07) is 10.8. The number of hydrogen-bond donors (Lipinski definition) is 1. The van der Waals surface area contributed by atoms with Crippen molar-refractivity contribution in [3.63, 3.8) is 0 Å². The molecule has 1 saturated heterocycles. The molecule has 1 N–H and O–H groups in total. The van der Waals surface area contributed by atoms with Gasteiger partial charge in [-0.2, -0.15) is 0 Å². The van der Waals surface area contributed by atoms with Gasteiger partial charge in [-0.25, -0.2) is 13.8 Å². The van der Waals surface area contributed by atoms with Gasteiger partial charge in [-0.05, 0) is 24.1 Å². The second kappa shape index (κ2) is 7.91. The Kier molecular flexibility index (Phi) is 5.03. The third-order valence-corrected chi connectivity index (χ3v) is 6.17. The number of piperidine rings is 1. The minimum atomic E-state index is -2.54. The SMILES string of the molecule is Cn1cnc(-c2ccc3c(c2)CN(C2CCC(=O)NC2=O)C3=O)c1-c1ccc(C(F)F)cc1. The average molecular weight is 450 g/mol. The van der Waals surface area contributed by atoms with Crippen LogP contribution in [-0.2, 0) is 23.2 Å². The largest absolute Gasteiger partial charge is 0.333 e. The van der Waals surface area contributed by atoms with Gasteiger partial charge in [0.1, 0.15) is 6.04 Å². The van der Waals surface area contributed by atoms with Gasteiger partial charge in [-0.3, -0.25) is 19.7 Å². The maximum atomic E-state index is 12.9. The number of nitrogens with one attached hydrogen (secondary N) is 1. The number of nitrogens with zero attached hydrogens (tertiary/aromatic N) is 3. The lowest BCUT2D eigenvalue weighted by atomic mass is 10.00. The smallest absolute Gasteiger partial charge is 0.263 e. The van der Waals surface area contributed by atoms with Crippen molar-refractivity contribution < 1.29 is 23.2 Å². The molecule has 33 heavy (non-hydrogen) atoms. The van der Waals surface area contributed by atoms with Crippen LogP contribution in [0.25, 0.3) is 22.5 Å². The molecule has 168 valence electrons. The molecular formula is C24H20F2N4O3. The first-order valence-corrected chi connectivity index (χ1v) is 10.5. The van der Waals surface area contributed by atoms with Gasteiger partial charge in [0, 0.05) is 42.3 Å². The fourth-order valence-electron chi connectivity index (χ4n) is 4.49. The summed E-state index contributed by atoms with van der Waals surface area (Å²) in [6.07, 6.45) is -0.383. The number of aryl methyl sites for hydroxylation is 1. The van der Waals surface area contributed by atoms with E-state index in [0.717, 1.165) is 22.4 Å². The van der Waals surface area contributed by atoms with Crippen LogP contribution in [0.15, 0.2) is 48.8 Å². The molecule has 3 aromatic rings. The molecule has 1 unspecified atom stereocenters. The second-order valence-corrected chi connectivity index (χ2v) is 8.25. The number of halogens is 2. The average Bonchev–Trinajstić information content (AvgIpc) is 3.33. The zero-order valence-electron chi connectivity index (χ0n) is 17.7. The summed E-state index contributed by atoms with van der Waals surface area (Å²) in [5.41, 5.74) is 4.19. The highest BCUT2D eigenvalue weighted by molar-refractivity contribution is 6.05. The Morgan fingerprint density at radius 3 is 2.48 bits per heavy atom. The minimum absolute atomic E-state index is 0.0490. The lowest BCUT2D eigenvalue weighted by Gasteiger charge is -2.29. The molecule has 3 heterocycles. The molecule has 9 heteroatoms. The van der Waals surface area contributed by atoms with E-state index < -0.39 is 18.4 Å². The van der Waals surface area contributed by atoms with Gasteiger partial charge < -0.3 is 9.47 Å². The maximum absolute atomic E-state index is 12.9. The van der Waals surface area contributed by atoms with Crippen LogP contribution >= 0.6 is 0 Å². The van der Waals surface area contributed by atoms with Crippen molar-refractivity contribution >= 4 is 17.7 Å². The summed E-state index contributed by atoms with van der Waals surface area (Å²) in [7, 11) is 1.83. The number of hydrogen-bond acceptors (Lipinski definition) is 4. The number of fused-ring (bicyclic) bond motifs is 1. The van der Waals surface area contributed by atoms with E-state index in [2.05, 4.69) is 10.3 Å². The molecule has 0 spiro atoms. The third kappa shape index (κ3) is 3.59. The number of alkyl halides is 2. The van der Waals surface area contributed by atoms with Crippen molar-refractivity contribution in [3.8, 4) is 22.5 Å². The van der Waals surface area contributed by atoms with Crippen molar-refractivity contribution in [3.05, 3.63) is 65.5 Å². The third-order valence-electron chi connectivity index (χ3n) is 6.17. The number of aromatic nitrogens is 2. The van der Waals surface area contributed by atoms with Gasteiger partial charge in [-0.1, -0.05) is 30.3 Å². The molecule has 2 aromatic carbocycles. The lowest BCUT2D eigenvalue weighted by Crippen LogP contribution is -2.52. The molecule has 0 aliphatic carbocycles. The fourth-order valence-corrected chi connectivity index (χ4v) is 4.49. The molecular weight excluding hydrogens is 430 g/mol. The highest BCUT2D eigenvalue weighted by atomic mass is 19.3. The number of carbonyl (C=O) groups excluding carboxylic acids is 3. The van der Waals surface area contributed by atoms with Crippen LogP contribution in [0.3, 0.4) is 0 Å². The van der Waals surface area contributed by atoms with E-state index in [9.17, 15) is 23.2 Å². The zero-order valence-corrected chi connectivity index (χ0v) is 17.7. The topological polar surface area (TPSA) is 84.3 Å². The van der Waals surface area contributed by atoms with E-state index in [1.54, 1.807) is 30.6 Å². The van der Waals surface area contributed by atoms with Crippen molar-refractivity contribution in [1.29, 1.82) is 0 Å². The first-order chi connectivity index (χ1) is 15.8. The first-order valence-electron chi connectivity index (χ1n) is 10.5. The summed E-state index contributed by atoms with van der Waals surface area (Å²) in [4.78, 5) is 42.7. The summed E-state index contributed by atoms with van der Waals surface area (Å²) in [5.74, 6) is -1.02. The van der Waals surface area contributed by atoms with Crippen LogP contribution in [-0.4, -0.2) is 38.2 Å². The van der Waals surface area contributed by atoms with Crippen molar-refractivity contribution in [2.45, 2.75) is 31.9 Å². The maximum Gasteiger partial charge on any atom is 0.263 e. The van der Waals surface area contributed by atoms with Gasteiger partial charge in [-0.15, -0.1) is 0 Å². The molecule has 2 aliphatic rings. The van der Waals surface area contributed by atoms with E-state index in [-0.39, 0.29) is 30.3 Å². The molecule has 7 nitrogen and oxygen atoms in total. The fraction of sp³-hybridized carbons (Fsp3) is 0.250. The summed E-state index contributed by atoms with van der Waals surface area (Å²) >= 11 is 0. The van der Waals surface area contributed by atoms with E-state index in [1.807, 2.05) is 17.7 Å². The first kappa shape index (κ1) is 21.0.